The molecule has 2 heterocycles. The standard InChI is InChI=1S/C23H25N2S2.C7H8O3S/c1-4-17(15-22-24(5-2)18-11-7-9-13-20(18)26-22)16-23-25(6-3)19-12-8-10-14-21(19)27-23;1-6-2-4-7(5-3-6)11(8,9)10/h7-16H,4-6H2,1-3H3;2-5H,1H3,(H,8,9,10)/q+1;/p-1. The number of allylic oxidation sites excluding steroid dienone is 2. The van der Waals surface area contributed by atoms with Gasteiger partial charge in [0, 0.05) is 23.6 Å². The van der Waals surface area contributed by atoms with Crippen molar-refractivity contribution in [3.63, 3.8) is 0 Å². The van der Waals surface area contributed by atoms with Crippen molar-refractivity contribution in [3.8, 4) is 0 Å². The number of thioether (sulfide) groups is 1. The van der Waals surface area contributed by atoms with E-state index >= 15 is 0 Å². The number of nitrogens with zero attached hydrogens (tertiary/aromatic N) is 2. The molecule has 0 saturated carbocycles. The molecule has 1 aliphatic rings. The second-order valence-corrected chi connectivity index (χ2v) is 12.3. The third-order valence-corrected chi connectivity index (χ3v) is 9.32. The van der Waals surface area contributed by atoms with E-state index in [0.717, 1.165) is 25.1 Å². The molecular weight excluding hydrogens is 533 g/mol. The summed E-state index contributed by atoms with van der Waals surface area (Å²) in [4.78, 5) is 3.59. The molecule has 0 amide bonds. The predicted octanol–water partition coefficient (Wildman–Crippen LogP) is 7.37. The summed E-state index contributed by atoms with van der Waals surface area (Å²) in [5.41, 5.74) is 4.96. The summed E-state index contributed by atoms with van der Waals surface area (Å²) in [6.07, 6.45) is 5.77. The van der Waals surface area contributed by atoms with Gasteiger partial charge in [0.25, 0.3) is 5.01 Å². The molecule has 0 aliphatic carbocycles. The van der Waals surface area contributed by atoms with E-state index < -0.39 is 10.1 Å². The average molecular weight is 565 g/mol. The minimum absolute atomic E-state index is 0.178. The number of rotatable bonds is 6. The van der Waals surface area contributed by atoms with E-state index in [-0.39, 0.29) is 4.90 Å². The Kier molecular flexibility index (Phi) is 9.10. The summed E-state index contributed by atoms with van der Waals surface area (Å²) in [6.45, 7) is 10.5. The normalized spacial score (nSPS) is 14.5. The average Bonchev–Trinajstić information content (AvgIpc) is 3.44. The van der Waals surface area contributed by atoms with Crippen molar-refractivity contribution >= 4 is 55.2 Å². The van der Waals surface area contributed by atoms with Crippen LogP contribution in [0.25, 0.3) is 16.3 Å². The van der Waals surface area contributed by atoms with Crippen LogP contribution in [0.5, 0.6) is 0 Å². The Labute approximate surface area is 233 Å². The summed E-state index contributed by atoms with van der Waals surface area (Å²) in [5, 5.41) is 2.66. The Balaban J connectivity index is 0.000000257. The second-order valence-electron chi connectivity index (χ2n) is 8.79. The van der Waals surface area contributed by atoms with Crippen LogP contribution < -0.4 is 9.47 Å². The summed E-state index contributed by atoms with van der Waals surface area (Å²) in [6, 6.07) is 23.2. The zero-order valence-electron chi connectivity index (χ0n) is 22.0. The van der Waals surface area contributed by atoms with Crippen LogP contribution in [0.15, 0.2) is 99.3 Å². The highest BCUT2D eigenvalue weighted by Gasteiger charge is 2.24. The molecular formula is C30H32N2O3S3. The summed E-state index contributed by atoms with van der Waals surface area (Å²) < 4.78 is 34.9. The smallest absolute Gasteiger partial charge is 0.263 e. The Morgan fingerprint density at radius 1 is 0.974 bits per heavy atom. The van der Waals surface area contributed by atoms with E-state index in [9.17, 15) is 13.0 Å². The third kappa shape index (κ3) is 6.38. The summed E-state index contributed by atoms with van der Waals surface area (Å²) in [7, 11) is -4.27. The van der Waals surface area contributed by atoms with Crippen LogP contribution in [-0.4, -0.2) is 19.5 Å². The van der Waals surface area contributed by atoms with Crippen LogP contribution in [0, 0.1) is 6.92 Å². The maximum absolute atomic E-state index is 10.4. The van der Waals surface area contributed by atoms with Gasteiger partial charge in [-0.15, -0.1) is 0 Å². The highest BCUT2D eigenvalue weighted by Crippen LogP contribution is 2.46. The first-order valence-electron chi connectivity index (χ1n) is 12.7. The molecule has 3 aromatic carbocycles. The molecule has 0 atom stereocenters. The van der Waals surface area contributed by atoms with Gasteiger partial charge in [0.15, 0.2) is 0 Å². The van der Waals surface area contributed by atoms with Crippen molar-refractivity contribution in [2.24, 2.45) is 0 Å². The highest BCUT2D eigenvalue weighted by molar-refractivity contribution is 8.03. The van der Waals surface area contributed by atoms with E-state index in [1.54, 1.807) is 12.1 Å². The second kappa shape index (κ2) is 12.3. The van der Waals surface area contributed by atoms with Crippen molar-refractivity contribution in [1.82, 2.24) is 0 Å². The molecule has 5 nitrogen and oxygen atoms in total. The Morgan fingerprint density at radius 3 is 2.32 bits per heavy atom. The first kappa shape index (κ1) is 28.1. The number of benzene rings is 3. The molecule has 1 aromatic heterocycles. The largest absolute Gasteiger partial charge is 0.744 e. The third-order valence-electron chi connectivity index (χ3n) is 6.24. The number of hydrogen-bond donors (Lipinski definition) is 0. The maximum atomic E-state index is 10.4. The number of thiazole rings is 1. The summed E-state index contributed by atoms with van der Waals surface area (Å²) >= 11 is 3.76. The highest BCUT2D eigenvalue weighted by atomic mass is 32.2. The minimum Gasteiger partial charge on any atom is -0.744 e. The van der Waals surface area contributed by atoms with Crippen molar-refractivity contribution in [2.45, 2.75) is 50.5 Å². The molecule has 8 heteroatoms. The fourth-order valence-corrected chi connectivity index (χ4v) is 7.12. The van der Waals surface area contributed by atoms with Gasteiger partial charge in [-0.3, -0.25) is 0 Å². The molecule has 4 aromatic rings. The maximum Gasteiger partial charge on any atom is 0.263 e. The lowest BCUT2D eigenvalue weighted by atomic mass is 10.2. The molecule has 0 radical (unpaired) electrons. The van der Waals surface area contributed by atoms with E-state index in [0.29, 0.717) is 0 Å². The van der Waals surface area contributed by atoms with E-state index in [4.69, 9.17) is 0 Å². The molecule has 0 fully saturated rings. The lowest BCUT2D eigenvalue weighted by molar-refractivity contribution is -0.665. The van der Waals surface area contributed by atoms with Crippen molar-refractivity contribution in [3.05, 3.63) is 100 Å². The van der Waals surface area contributed by atoms with Crippen LogP contribution in [0.2, 0.25) is 0 Å². The molecule has 0 N–H and O–H groups in total. The zero-order valence-corrected chi connectivity index (χ0v) is 24.5. The molecule has 0 bridgehead atoms. The fraction of sp³-hybridized carbons (Fsp3) is 0.233. The van der Waals surface area contributed by atoms with Crippen LogP contribution in [0.4, 0.5) is 5.69 Å². The minimum atomic E-state index is -4.27. The first-order valence-corrected chi connectivity index (χ1v) is 15.7. The van der Waals surface area contributed by atoms with E-state index in [1.165, 1.54) is 48.5 Å². The Morgan fingerprint density at radius 2 is 1.66 bits per heavy atom. The number of fused-ring (bicyclic) bond motifs is 2. The van der Waals surface area contributed by atoms with Gasteiger partial charge in [0.1, 0.15) is 21.4 Å². The van der Waals surface area contributed by atoms with E-state index in [1.807, 2.05) is 30.0 Å². The van der Waals surface area contributed by atoms with Crippen LogP contribution in [0.1, 0.15) is 37.8 Å². The van der Waals surface area contributed by atoms with Gasteiger partial charge in [-0.25, -0.2) is 8.42 Å². The van der Waals surface area contributed by atoms with Crippen molar-refractivity contribution in [1.29, 1.82) is 0 Å². The van der Waals surface area contributed by atoms with Gasteiger partial charge in [-0.2, -0.15) is 4.57 Å². The SMILES string of the molecule is CCC(=Cc1sc2ccccc2[n+]1CC)C=C1Sc2ccccc2N1CC.Cc1ccc(S(=O)(=O)[O-])cc1. The monoisotopic (exact) mass is 564 g/mol. The molecule has 5 rings (SSSR count). The van der Waals surface area contributed by atoms with Crippen LogP contribution in [0.3, 0.4) is 0 Å². The fourth-order valence-electron chi connectivity index (χ4n) is 4.24. The van der Waals surface area contributed by atoms with E-state index in [2.05, 4.69) is 90.9 Å². The lowest BCUT2D eigenvalue weighted by Crippen LogP contribution is -2.33. The Hall–Kier alpha value is -2.91. The molecule has 198 valence electrons. The molecule has 38 heavy (non-hydrogen) atoms. The molecule has 1 aliphatic heterocycles. The van der Waals surface area contributed by atoms with Gasteiger partial charge >= 0.3 is 0 Å². The topological polar surface area (TPSA) is 64.3 Å². The first-order chi connectivity index (χ1) is 18.2. The lowest BCUT2D eigenvalue weighted by Gasteiger charge is -2.18. The van der Waals surface area contributed by atoms with Gasteiger partial charge in [0.2, 0.25) is 5.52 Å². The number of aromatic nitrogens is 1. The zero-order chi connectivity index (χ0) is 27.3. The summed E-state index contributed by atoms with van der Waals surface area (Å²) in [5.74, 6) is 0. The molecule has 0 unspecified atom stereocenters. The quantitative estimate of drug-likeness (QED) is 0.181. The Bertz CT molecular complexity index is 1590. The number of anilines is 1. The molecule has 0 saturated heterocycles. The van der Waals surface area contributed by atoms with Gasteiger partial charge in [-0.1, -0.05) is 72.0 Å². The van der Waals surface area contributed by atoms with Crippen molar-refractivity contribution < 1.29 is 17.5 Å². The van der Waals surface area contributed by atoms with Gasteiger partial charge in [-0.05, 0) is 69.2 Å². The number of para-hydroxylation sites is 2. The predicted molar refractivity (Wildman–Crippen MR) is 159 cm³/mol. The van der Waals surface area contributed by atoms with Crippen molar-refractivity contribution in [2.75, 3.05) is 11.4 Å². The number of hydrogen-bond acceptors (Lipinski definition) is 6. The molecule has 0 spiro atoms. The van der Waals surface area contributed by atoms with Crippen LogP contribution >= 0.6 is 23.1 Å². The number of aryl methyl sites for hydroxylation is 2. The van der Waals surface area contributed by atoms with Crippen LogP contribution in [-0.2, 0) is 16.7 Å². The van der Waals surface area contributed by atoms with Gasteiger partial charge in [0.05, 0.1) is 15.6 Å². The van der Waals surface area contributed by atoms with Gasteiger partial charge < -0.3 is 9.45 Å².